The number of amides is 2. The van der Waals surface area contributed by atoms with E-state index in [1.807, 2.05) is 38.1 Å². The lowest BCUT2D eigenvalue weighted by atomic mass is 10.1. The quantitative estimate of drug-likeness (QED) is 0.714. The summed E-state index contributed by atoms with van der Waals surface area (Å²) < 4.78 is 1.53. The molecule has 0 bridgehead atoms. The van der Waals surface area contributed by atoms with Crippen molar-refractivity contribution in [3.05, 3.63) is 54.1 Å². The topological polar surface area (TPSA) is 88.9 Å². The van der Waals surface area contributed by atoms with Gasteiger partial charge in [-0.3, -0.25) is 9.59 Å². The largest absolute Gasteiger partial charge is 0.350 e. The van der Waals surface area contributed by atoms with Crippen LogP contribution in [0.25, 0.3) is 11.0 Å². The molecule has 7 nitrogen and oxygen atoms in total. The molecule has 0 fully saturated rings. The molecular formula is C19H21N5O2. The van der Waals surface area contributed by atoms with E-state index >= 15 is 0 Å². The van der Waals surface area contributed by atoms with Crippen LogP contribution in [0.4, 0.5) is 5.69 Å². The van der Waals surface area contributed by atoms with Crippen LogP contribution >= 0.6 is 0 Å². The standard InChI is InChI=1S/C19H21N5O2/c1-3-13(2)20-19(26)14-8-4-5-9-15(14)21-18(25)12-24-17-11-7-6-10-16(17)22-23-24/h4-11,13H,3,12H2,1-2H3,(H,20,26)(H,21,25). The van der Waals surface area contributed by atoms with Crippen LogP contribution in [0, 0.1) is 0 Å². The van der Waals surface area contributed by atoms with Gasteiger partial charge in [0.1, 0.15) is 12.1 Å². The second-order valence-electron chi connectivity index (χ2n) is 6.11. The second-order valence-corrected chi connectivity index (χ2v) is 6.11. The number of hydrogen-bond acceptors (Lipinski definition) is 4. The molecule has 0 radical (unpaired) electrons. The molecule has 1 atom stereocenters. The zero-order valence-corrected chi connectivity index (χ0v) is 14.8. The first kappa shape index (κ1) is 17.6. The van der Waals surface area contributed by atoms with Gasteiger partial charge in [-0.05, 0) is 37.6 Å². The molecule has 2 aromatic carbocycles. The molecule has 3 aromatic rings. The number of nitrogens with one attached hydrogen (secondary N) is 2. The molecular weight excluding hydrogens is 330 g/mol. The van der Waals surface area contributed by atoms with Gasteiger partial charge < -0.3 is 10.6 Å². The Balaban J connectivity index is 1.74. The summed E-state index contributed by atoms with van der Waals surface area (Å²) in [4.78, 5) is 24.9. The van der Waals surface area contributed by atoms with Crippen molar-refractivity contribution in [2.75, 3.05) is 5.32 Å². The molecule has 26 heavy (non-hydrogen) atoms. The summed E-state index contributed by atoms with van der Waals surface area (Å²) >= 11 is 0. The first-order valence-electron chi connectivity index (χ1n) is 8.56. The molecule has 0 aliphatic rings. The van der Waals surface area contributed by atoms with Crippen molar-refractivity contribution >= 4 is 28.5 Å². The normalized spacial score (nSPS) is 11.9. The van der Waals surface area contributed by atoms with Crippen molar-refractivity contribution in [2.24, 2.45) is 0 Å². The van der Waals surface area contributed by atoms with Gasteiger partial charge in [0, 0.05) is 6.04 Å². The van der Waals surface area contributed by atoms with E-state index in [-0.39, 0.29) is 24.4 Å². The molecule has 1 unspecified atom stereocenters. The predicted molar refractivity (Wildman–Crippen MR) is 99.8 cm³/mol. The first-order valence-corrected chi connectivity index (χ1v) is 8.56. The average molecular weight is 351 g/mol. The number of carbonyl (C=O) groups excluding carboxylic acids is 2. The van der Waals surface area contributed by atoms with Crippen molar-refractivity contribution in [3.63, 3.8) is 0 Å². The van der Waals surface area contributed by atoms with Crippen molar-refractivity contribution < 1.29 is 9.59 Å². The average Bonchev–Trinajstić information content (AvgIpc) is 3.05. The van der Waals surface area contributed by atoms with E-state index in [0.29, 0.717) is 11.3 Å². The SMILES string of the molecule is CCC(C)NC(=O)c1ccccc1NC(=O)Cn1nnc2ccccc21. The van der Waals surface area contributed by atoms with E-state index in [9.17, 15) is 9.59 Å². The lowest BCUT2D eigenvalue weighted by molar-refractivity contribution is -0.116. The van der Waals surface area contributed by atoms with Crippen molar-refractivity contribution in [2.45, 2.75) is 32.9 Å². The molecule has 1 aromatic heterocycles. The summed E-state index contributed by atoms with van der Waals surface area (Å²) in [6, 6.07) is 14.4. The molecule has 3 rings (SSSR count). The molecule has 0 saturated carbocycles. The Morgan fingerprint density at radius 1 is 1.12 bits per heavy atom. The third-order valence-corrected chi connectivity index (χ3v) is 4.15. The third-order valence-electron chi connectivity index (χ3n) is 4.15. The highest BCUT2D eigenvalue weighted by molar-refractivity contribution is 6.03. The molecule has 2 amide bonds. The zero-order chi connectivity index (χ0) is 18.5. The predicted octanol–water partition coefficient (Wildman–Crippen LogP) is 2.60. The summed E-state index contributed by atoms with van der Waals surface area (Å²) in [5.41, 5.74) is 2.42. The van der Waals surface area contributed by atoms with Crippen molar-refractivity contribution in [1.82, 2.24) is 20.3 Å². The van der Waals surface area contributed by atoms with Crippen LogP contribution in [0.15, 0.2) is 48.5 Å². The van der Waals surface area contributed by atoms with Crippen LogP contribution in [-0.4, -0.2) is 32.9 Å². The Labute approximate surface area is 151 Å². The molecule has 1 heterocycles. The van der Waals surface area contributed by atoms with E-state index in [2.05, 4.69) is 20.9 Å². The smallest absolute Gasteiger partial charge is 0.253 e. The van der Waals surface area contributed by atoms with Gasteiger partial charge in [0.2, 0.25) is 5.91 Å². The highest BCUT2D eigenvalue weighted by Crippen LogP contribution is 2.16. The Hall–Kier alpha value is -3.22. The van der Waals surface area contributed by atoms with E-state index in [1.54, 1.807) is 24.3 Å². The van der Waals surface area contributed by atoms with Crippen LogP contribution in [0.5, 0.6) is 0 Å². The van der Waals surface area contributed by atoms with Gasteiger partial charge in [-0.15, -0.1) is 5.10 Å². The van der Waals surface area contributed by atoms with Gasteiger partial charge in [0.15, 0.2) is 0 Å². The maximum Gasteiger partial charge on any atom is 0.253 e. The van der Waals surface area contributed by atoms with Gasteiger partial charge in [-0.1, -0.05) is 36.4 Å². The molecule has 0 saturated heterocycles. The number of benzene rings is 2. The minimum Gasteiger partial charge on any atom is -0.350 e. The molecule has 0 spiro atoms. The molecule has 134 valence electrons. The lowest BCUT2D eigenvalue weighted by Gasteiger charge is -2.14. The Kier molecular flexibility index (Phi) is 5.26. The van der Waals surface area contributed by atoms with E-state index in [1.165, 1.54) is 4.68 Å². The van der Waals surface area contributed by atoms with Crippen molar-refractivity contribution in [1.29, 1.82) is 0 Å². The van der Waals surface area contributed by atoms with Gasteiger partial charge >= 0.3 is 0 Å². The molecule has 0 aliphatic heterocycles. The fourth-order valence-corrected chi connectivity index (χ4v) is 2.55. The minimum absolute atomic E-state index is 0.0157. The number of carbonyl (C=O) groups is 2. The fraction of sp³-hybridized carbons (Fsp3) is 0.263. The highest BCUT2D eigenvalue weighted by Gasteiger charge is 2.15. The van der Waals surface area contributed by atoms with Gasteiger partial charge in [0.05, 0.1) is 16.8 Å². The molecule has 2 N–H and O–H groups in total. The van der Waals surface area contributed by atoms with Crippen LogP contribution in [0.3, 0.4) is 0 Å². The number of hydrogen-bond donors (Lipinski definition) is 2. The van der Waals surface area contributed by atoms with Crippen LogP contribution in [0.2, 0.25) is 0 Å². The van der Waals surface area contributed by atoms with Crippen molar-refractivity contribution in [3.8, 4) is 0 Å². The second kappa shape index (κ2) is 7.77. The van der Waals surface area contributed by atoms with Gasteiger partial charge in [-0.25, -0.2) is 4.68 Å². The van der Waals surface area contributed by atoms with Gasteiger partial charge in [-0.2, -0.15) is 0 Å². The van der Waals surface area contributed by atoms with Crippen LogP contribution in [-0.2, 0) is 11.3 Å². The maximum atomic E-state index is 12.4. The minimum atomic E-state index is -0.274. The van der Waals surface area contributed by atoms with E-state index < -0.39 is 0 Å². The Morgan fingerprint density at radius 2 is 1.85 bits per heavy atom. The molecule has 0 aliphatic carbocycles. The number of aromatic nitrogens is 3. The van der Waals surface area contributed by atoms with E-state index in [4.69, 9.17) is 0 Å². The Morgan fingerprint density at radius 3 is 2.65 bits per heavy atom. The number of fused-ring (bicyclic) bond motifs is 1. The highest BCUT2D eigenvalue weighted by atomic mass is 16.2. The number of anilines is 1. The monoisotopic (exact) mass is 351 g/mol. The maximum absolute atomic E-state index is 12.4. The molecule has 7 heteroatoms. The lowest BCUT2D eigenvalue weighted by Crippen LogP contribution is -2.32. The van der Waals surface area contributed by atoms with Crippen LogP contribution < -0.4 is 10.6 Å². The summed E-state index contributed by atoms with van der Waals surface area (Å²) in [6.45, 7) is 3.96. The number of nitrogens with zero attached hydrogens (tertiary/aromatic N) is 3. The first-order chi connectivity index (χ1) is 12.6. The summed E-state index contributed by atoms with van der Waals surface area (Å²) in [6.07, 6.45) is 0.833. The summed E-state index contributed by atoms with van der Waals surface area (Å²) in [7, 11) is 0. The zero-order valence-electron chi connectivity index (χ0n) is 14.8. The summed E-state index contributed by atoms with van der Waals surface area (Å²) in [5, 5.41) is 13.8. The van der Waals surface area contributed by atoms with Crippen LogP contribution in [0.1, 0.15) is 30.6 Å². The fourth-order valence-electron chi connectivity index (χ4n) is 2.55. The number of para-hydroxylation sites is 2. The number of rotatable bonds is 6. The Bertz CT molecular complexity index is 934. The summed E-state index contributed by atoms with van der Waals surface area (Å²) in [5.74, 6) is -0.481. The third kappa shape index (κ3) is 3.88. The van der Waals surface area contributed by atoms with E-state index in [0.717, 1.165) is 17.5 Å². The van der Waals surface area contributed by atoms with Gasteiger partial charge in [0.25, 0.3) is 5.91 Å².